The fourth-order valence-corrected chi connectivity index (χ4v) is 19.3. The van der Waals surface area contributed by atoms with E-state index < -0.39 is 0 Å². The predicted molar refractivity (Wildman–Crippen MR) is 560 cm³/mol. The van der Waals surface area contributed by atoms with E-state index in [1.807, 2.05) is 91.0 Å². The van der Waals surface area contributed by atoms with Gasteiger partial charge in [-0.25, -0.2) is 59.6 Å². The summed E-state index contributed by atoms with van der Waals surface area (Å²) in [4.78, 5) is 53.9. The zero-order valence-corrected chi connectivity index (χ0v) is 74.5. The predicted octanol–water partition coefficient (Wildman–Crippen LogP) is 30.8. The maximum Gasteiger partial charge on any atom is 0.238 e. The number of anilines is 9. The van der Waals surface area contributed by atoms with E-state index in [0.717, 1.165) is 214 Å². The maximum atomic E-state index is 5.37. The fourth-order valence-electron chi connectivity index (χ4n) is 19.3. The van der Waals surface area contributed by atoms with E-state index in [2.05, 4.69) is 429 Å². The summed E-state index contributed by atoms with van der Waals surface area (Å²) >= 11 is 0. The Hall–Kier alpha value is -19.0. The molecule has 0 N–H and O–H groups in total. The number of imidazole rings is 3. The van der Waals surface area contributed by atoms with E-state index in [-0.39, 0.29) is 0 Å². The summed E-state index contributed by atoms with van der Waals surface area (Å²) in [7, 11) is 0. The van der Waals surface area contributed by atoms with Gasteiger partial charge in [0.15, 0.2) is 0 Å². The quantitative estimate of drug-likeness (QED) is 0.115. The number of hydrogen-bond acceptors (Lipinski definition) is 12. The van der Waals surface area contributed by atoms with Crippen LogP contribution in [0.2, 0.25) is 0 Å². The van der Waals surface area contributed by atoms with Gasteiger partial charge < -0.3 is 0 Å². The molecule has 15 heteroatoms. The molecule has 0 atom stereocenters. The van der Waals surface area contributed by atoms with Gasteiger partial charge in [0.2, 0.25) is 35.7 Å². The van der Waals surface area contributed by atoms with Crippen molar-refractivity contribution in [1.82, 2.24) is 58.6 Å². The lowest BCUT2D eigenvalue weighted by atomic mass is 9.97. The summed E-state index contributed by atoms with van der Waals surface area (Å²) in [6.45, 7) is 0. The van der Waals surface area contributed by atoms with Gasteiger partial charge in [0.25, 0.3) is 0 Å². The third-order valence-corrected chi connectivity index (χ3v) is 25.8. The highest BCUT2D eigenvalue weighted by atomic mass is 15.4. The largest absolute Gasteiger partial charge is 0.277 e. The first-order chi connectivity index (χ1) is 68.5. The molecule has 15 nitrogen and oxygen atoms in total. The maximum absolute atomic E-state index is 5.37. The second-order valence-electron chi connectivity index (χ2n) is 34.0. The van der Waals surface area contributed by atoms with Crippen molar-refractivity contribution in [3.8, 4) is 151 Å². The van der Waals surface area contributed by atoms with Crippen LogP contribution in [0.3, 0.4) is 0 Å². The molecule has 27 rings (SSSR count). The molecule has 6 aromatic heterocycles. The number of fused-ring (bicyclic) bond motifs is 21. The molecule has 648 valence electrons. The van der Waals surface area contributed by atoms with Crippen LogP contribution in [0.25, 0.3) is 184 Å². The van der Waals surface area contributed by atoms with Crippen molar-refractivity contribution in [2.24, 2.45) is 0 Å². The van der Waals surface area contributed by atoms with Gasteiger partial charge in [-0.3, -0.25) is 13.7 Å². The molecule has 0 spiro atoms. The van der Waals surface area contributed by atoms with Gasteiger partial charge >= 0.3 is 0 Å². The highest BCUT2D eigenvalue weighted by molar-refractivity contribution is 6.01. The number of aromatic nitrogens is 12. The monoisotopic (exact) mass is 1770 g/mol. The van der Waals surface area contributed by atoms with E-state index in [1.54, 1.807) is 0 Å². The van der Waals surface area contributed by atoms with Gasteiger partial charge in [0, 0.05) is 66.8 Å². The van der Waals surface area contributed by atoms with Gasteiger partial charge in [-0.2, -0.15) is 0 Å². The van der Waals surface area contributed by atoms with E-state index in [1.165, 1.54) is 5.56 Å². The zero-order valence-electron chi connectivity index (χ0n) is 74.5. The van der Waals surface area contributed by atoms with E-state index in [4.69, 9.17) is 44.9 Å². The summed E-state index contributed by atoms with van der Waals surface area (Å²) in [6, 6.07) is 170. The highest BCUT2D eigenvalue weighted by Crippen LogP contribution is 2.53. The first kappa shape index (κ1) is 81.0. The van der Waals surface area contributed by atoms with Crippen LogP contribution in [0, 0.1) is 0 Å². The van der Waals surface area contributed by atoms with E-state index >= 15 is 0 Å². The molecule has 9 heterocycles. The van der Waals surface area contributed by atoms with Crippen LogP contribution in [0.5, 0.6) is 0 Å². The second kappa shape index (κ2) is 35.0. The fraction of sp³-hybridized carbons (Fsp3) is 0. The summed E-state index contributed by atoms with van der Waals surface area (Å²) in [6.07, 6.45) is 0. The molecular formula is C123H81N15. The Morgan fingerprint density at radius 3 is 0.717 bits per heavy atom. The molecule has 0 bridgehead atoms. The van der Waals surface area contributed by atoms with Crippen molar-refractivity contribution >= 4 is 85.9 Å². The lowest BCUT2D eigenvalue weighted by Gasteiger charge is -2.23. The molecule has 0 aliphatic carbocycles. The van der Waals surface area contributed by atoms with Crippen molar-refractivity contribution in [2.75, 3.05) is 14.7 Å². The Labute approximate surface area is 796 Å². The number of hydrogen-bond donors (Lipinski definition) is 0. The lowest BCUT2D eigenvalue weighted by Crippen LogP contribution is -2.17. The molecule has 0 amide bonds. The standard InChI is InChI=1S/3C41H27N5/c1-3-14-28(15-4-1)30-18-13-19-31(26-30)36-27-35(29-16-5-2-6-17-29)42-40(43-36)46-38-24-11-8-21-33(38)32-20-7-10-23-37(32)45-39-25-12-9-22-34(39)44-41(45)46;1-3-13-28(14-4-1)29-23-25-31(26-24-29)36-27-35(30-15-5-2-6-16-30)42-40(43-36)46-38-21-11-8-18-33(38)32-17-7-10-20-37(32)45-39-22-12-9-19-34(39)44-41(45)46;1-3-15-28(16-4-1)30-19-7-8-20-31(30)36-27-35(29-17-5-2-6-18-29)42-40(43-36)46-38-25-13-10-22-33(38)32-21-9-12-24-37(32)45-39-26-14-11-23-34(39)44-41(45)46/h3*1-27H. The number of para-hydroxylation sites is 12. The normalized spacial score (nSPS) is 11.9. The Balaban J connectivity index is 0.000000110. The van der Waals surface area contributed by atoms with Crippen molar-refractivity contribution in [3.63, 3.8) is 0 Å². The molecule has 3 aliphatic rings. The summed E-state index contributed by atoms with van der Waals surface area (Å²) in [5.74, 6) is 3.89. The molecule has 0 radical (unpaired) electrons. The van der Waals surface area contributed by atoms with Crippen LogP contribution in [-0.2, 0) is 0 Å². The van der Waals surface area contributed by atoms with Gasteiger partial charge in [0.1, 0.15) is 0 Å². The number of rotatable bonds is 12. The van der Waals surface area contributed by atoms with Crippen LogP contribution in [0.4, 0.5) is 52.8 Å². The van der Waals surface area contributed by atoms with Crippen LogP contribution in [0.1, 0.15) is 0 Å². The first-order valence-electron chi connectivity index (χ1n) is 46.2. The molecule has 0 saturated heterocycles. The summed E-state index contributed by atoms with van der Waals surface area (Å²) < 4.78 is 6.71. The van der Waals surface area contributed by atoms with Crippen LogP contribution in [0.15, 0.2) is 491 Å². The van der Waals surface area contributed by atoms with Gasteiger partial charge in [-0.1, -0.05) is 394 Å². The minimum absolute atomic E-state index is 0.552. The minimum Gasteiger partial charge on any atom is -0.277 e. The molecule has 0 fully saturated rings. The average Bonchev–Trinajstić information content (AvgIpc) is 1.58. The van der Waals surface area contributed by atoms with Crippen LogP contribution < -0.4 is 14.7 Å². The van der Waals surface area contributed by atoms with E-state index in [9.17, 15) is 0 Å². The molecule has 24 aromatic rings. The Morgan fingerprint density at radius 2 is 0.355 bits per heavy atom. The molecule has 138 heavy (non-hydrogen) atoms. The molecular weight excluding hydrogens is 1690 g/mol. The minimum atomic E-state index is 0.552. The van der Waals surface area contributed by atoms with Crippen molar-refractivity contribution in [3.05, 3.63) is 491 Å². The smallest absolute Gasteiger partial charge is 0.238 e. The number of benzene rings is 18. The Bertz CT molecular complexity index is 8730. The average molecular weight is 1770 g/mol. The summed E-state index contributed by atoms with van der Waals surface area (Å²) in [5.41, 5.74) is 36.6. The van der Waals surface area contributed by atoms with Crippen molar-refractivity contribution < 1.29 is 0 Å². The van der Waals surface area contributed by atoms with Crippen LogP contribution >= 0.6 is 0 Å². The second-order valence-corrected chi connectivity index (χ2v) is 34.0. The summed E-state index contributed by atoms with van der Waals surface area (Å²) in [5, 5.41) is 0. The molecule has 18 aromatic carbocycles. The molecule has 3 aliphatic heterocycles. The Morgan fingerprint density at radius 1 is 0.130 bits per heavy atom. The zero-order chi connectivity index (χ0) is 91.4. The van der Waals surface area contributed by atoms with Crippen LogP contribution in [-0.4, -0.2) is 58.6 Å². The SMILES string of the molecule is c1ccc(-c2cc(-c3ccccc3-c3ccccc3)nc(N3c4ccccc4-c4ccccc4-n4c3nc3ccccc34)n2)cc1.c1ccc(-c2ccc(-c3cc(-c4ccccc4)nc(N4c5ccccc5-c5ccccc5-n5c4nc4ccccc45)n3)cc2)cc1.c1ccc(-c2cccc(-c3cc(-c4ccccc4)nc(N4c5ccccc5-c5ccccc5-n5c4nc4ccccc45)n3)c2)cc1. The van der Waals surface area contributed by atoms with E-state index in [0.29, 0.717) is 17.8 Å². The van der Waals surface area contributed by atoms with Gasteiger partial charge in [0.05, 0.1) is 101 Å². The third-order valence-electron chi connectivity index (χ3n) is 25.8. The Kier molecular flexibility index (Phi) is 20.5. The first-order valence-corrected chi connectivity index (χ1v) is 46.2. The van der Waals surface area contributed by atoms with Crippen molar-refractivity contribution in [1.29, 1.82) is 0 Å². The lowest BCUT2D eigenvalue weighted by molar-refractivity contribution is 0.999. The van der Waals surface area contributed by atoms with Gasteiger partial charge in [-0.15, -0.1) is 0 Å². The highest BCUT2D eigenvalue weighted by Gasteiger charge is 2.36. The van der Waals surface area contributed by atoms with Crippen molar-refractivity contribution in [2.45, 2.75) is 0 Å². The van der Waals surface area contributed by atoms with Gasteiger partial charge in [-0.05, 0) is 130 Å². The number of nitrogens with zero attached hydrogens (tertiary/aromatic N) is 15. The molecule has 0 unspecified atom stereocenters. The third kappa shape index (κ3) is 14.7. The topological polar surface area (TPSA) is 141 Å². The molecule has 0 saturated carbocycles.